The van der Waals surface area contributed by atoms with Gasteiger partial charge >= 0.3 is 12.0 Å². The molecule has 0 unspecified atom stereocenters. The molecule has 0 bridgehead atoms. The van der Waals surface area contributed by atoms with E-state index in [-0.39, 0.29) is 0 Å². The van der Waals surface area contributed by atoms with E-state index in [0.717, 1.165) is 11.1 Å². The maximum Gasteiger partial charge on any atom is 0.325 e. The number of rotatable bonds is 4. The minimum Gasteiger partial charge on any atom is -0.480 e. The Bertz CT molecular complexity index is 750. The highest BCUT2D eigenvalue weighted by molar-refractivity contribution is 6.42. The van der Waals surface area contributed by atoms with Gasteiger partial charge in [0.25, 0.3) is 0 Å². The Balaban J connectivity index is 2.15. The summed E-state index contributed by atoms with van der Waals surface area (Å²) in [5.41, 5.74) is 2.22. The molecule has 0 saturated heterocycles. The van der Waals surface area contributed by atoms with Crippen molar-refractivity contribution in [3.05, 3.63) is 52.5 Å². The quantitative estimate of drug-likeness (QED) is 0.769. The van der Waals surface area contributed by atoms with Gasteiger partial charge < -0.3 is 15.7 Å². The summed E-state index contributed by atoms with van der Waals surface area (Å²) in [7, 11) is 0. The van der Waals surface area contributed by atoms with Crippen molar-refractivity contribution in [2.75, 3.05) is 5.32 Å². The highest BCUT2D eigenvalue weighted by atomic mass is 35.5. The summed E-state index contributed by atoms with van der Waals surface area (Å²) in [5, 5.41) is 14.6. The van der Waals surface area contributed by atoms with Crippen molar-refractivity contribution in [2.45, 2.75) is 13.0 Å². The molecule has 2 rings (SSSR count). The number of halogens is 2. The van der Waals surface area contributed by atoms with E-state index in [9.17, 15) is 9.59 Å². The number of carbonyl (C=O) groups excluding carboxylic acids is 1. The van der Waals surface area contributed by atoms with Crippen molar-refractivity contribution in [3.63, 3.8) is 0 Å². The van der Waals surface area contributed by atoms with Crippen molar-refractivity contribution in [3.8, 4) is 11.1 Å². The maximum absolute atomic E-state index is 11.7. The first-order valence-electron chi connectivity index (χ1n) is 6.72. The monoisotopic (exact) mass is 352 g/mol. The molecule has 3 N–H and O–H groups in total. The Morgan fingerprint density at radius 1 is 1.04 bits per heavy atom. The highest BCUT2D eigenvalue weighted by Crippen LogP contribution is 2.29. The molecular weight excluding hydrogens is 339 g/mol. The van der Waals surface area contributed by atoms with E-state index >= 15 is 0 Å². The van der Waals surface area contributed by atoms with Gasteiger partial charge in [-0.05, 0) is 42.3 Å². The predicted molar refractivity (Wildman–Crippen MR) is 91.2 cm³/mol. The Labute approximate surface area is 143 Å². The summed E-state index contributed by atoms with van der Waals surface area (Å²) in [6.45, 7) is 1.38. The lowest BCUT2D eigenvalue weighted by molar-refractivity contribution is -0.138. The molecule has 120 valence electrons. The average molecular weight is 353 g/mol. The number of nitrogens with one attached hydrogen (secondary N) is 2. The van der Waals surface area contributed by atoms with Gasteiger partial charge in [-0.1, -0.05) is 41.4 Å². The Kier molecular flexibility index (Phi) is 5.47. The second kappa shape index (κ2) is 7.35. The minimum atomic E-state index is -1.11. The summed E-state index contributed by atoms with van der Waals surface area (Å²) < 4.78 is 0. The average Bonchev–Trinajstić information content (AvgIpc) is 2.50. The van der Waals surface area contributed by atoms with Gasteiger partial charge in [-0.25, -0.2) is 4.79 Å². The Morgan fingerprint density at radius 3 is 2.39 bits per heavy atom. The van der Waals surface area contributed by atoms with Crippen molar-refractivity contribution >= 4 is 40.9 Å². The lowest BCUT2D eigenvalue weighted by Crippen LogP contribution is -2.40. The molecule has 0 fully saturated rings. The maximum atomic E-state index is 11.7. The standard InChI is InChI=1S/C16H14Cl2N2O3/c1-9(15(21)22)19-16(23)20-12-4-2-3-10(7-12)11-5-6-13(17)14(18)8-11/h2-9H,1H3,(H,21,22)(H2,19,20,23)/t9-/m0/s1. The number of carboxylic acid groups (broad SMARTS) is 1. The van der Waals surface area contributed by atoms with E-state index in [0.29, 0.717) is 15.7 Å². The number of anilines is 1. The fourth-order valence-electron chi connectivity index (χ4n) is 1.88. The van der Waals surface area contributed by atoms with Gasteiger partial charge in [0.1, 0.15) is 6.04 Å². The lowest BCUT2D eigenvalue weighted by atomic mass is 10.1. The lowest BCUT2D eigenvalue weighted by Gasteiger charge is -2.12. The highest BCUT2D eigenvalue weighted by Gasteiger charge is 2.13. The number of hydrogen-bond donors (Lipinski definition) is 3. The van der Waals surface area contributed by atoms with Crippen LogP contribution in [0.5, 0.6) is 0 Å². The molecule has 0 heterocycles. The SMILES string of the molecule is C[C@H](NC(=O)Nc1cccc(-c2ccc(Cl)c(Cl)c2)c1)C(=O)O. The van der Waals surface area contributed by atoms with Crippen LogP contribution in [0.2, 0.25) is 10.0 Å². The molecule has 7 heteroatoms. The second-order valence-electron chi connectivity index (χ2n) is 4.87. The summed E-state index contributed by atoms with van der Waals surface area (Å²) in [5.74, 6) is -1.11. The zero-order valence-corrected chi connectivity index (χ0v) is 13.7. The van der Waals surface area contributed by atoms with E-state index in [1.807, 2.05) is 12.1 Å². The number of benzene rings is 2. The molecule has 0 aliphatic rings. The van der Waals surface area contributed by atoms with E-state index in [1.54, 1.807) is 30.3 Å². The molecule has 0 radical (unpaired) electrons. The van der Waals surface area contributed by atoms with Crippen LogP contribution in [0.4, 0.5) is 10.5 Å². The third-order valence-electron chi connectivity index (χ3n) is 3.09. The largest absolute Gasteiger partial charge is 0.480 e. The van der Waals surface area contributed by atoms with E-state index in [2.05, 4.69) is 10.6 Å². The number of aliphatic carboxylic acids is 1. The summed E-state index contributed by atoms with van der Waals surface area (Å²) in [6.07, 6.45) is 0. The fraction of sp³-hybridized carbons (Fsp3) is 0.125. The van der Waals surface area contributed by atoms with Crippen LogP contribution in [-0.4, -0.2) is 23.1 Å². The number of carboxylic acids is 1. The third kappa shape index (κ3) is 4.61. The summed E-state index contributed by atoms with van der Waals surface area (Å²) in [4.78, 5) is 22.5. The molecule has 0 spiro atoms. The Hall–Kier alpha value is -2.24. The number of hydrogen-bond acceptors (Lipinski definition) is 2. The van der Waals surface area contributed by atoms with Crippen molar-refractivity contribution < 1.29 is 14.7 Å². The molecule has 1 atom stereocenters. The van der Waals surface area contributed by atoms with Gasteiger partial charge in [0.2, 0.25) is 0 Å². The van der Waals surface area contributed by atoms with Crippen LogP contribution < -0.4 is 10.6 Å². The van der Waals surface area contributed by atoms with Crippen molar-refractivity contribution in [1.82, 2.24) is 5.32 Å². The normalized spacial score (nSPS) is 11.6. The predicted octanol–water partition coefficient (Wildman–Crippen LogP) is 4.26. The molecule has 0 aliphatic heterocycles. The van der Waals surface area contributed by atoms with Crippen LogP contribution in [0.25, 0.3) is 11.1 Å². The summed E-state index contributed by atoms with van der Waals surface area (Å²) in [6, 6.07) is 10.8. The first-order valence-corrected chi connectivity index (χ1v) is 7.48. The Morgan fingerprint density at radius 2 is 1.74 bits per heavy atom. The third-order valence-corrected chi connectivity index (χ3v) is 3.83. The van der Waals surface area contributed by atoms with E-state index in [4.69, 9.17) is 28.3 Å². The molecule has 2 amide bonds. The first kappa shape index (κ1) is 17.1. The van der Waals surface area contributed by atoms with Crippen LogP contribution in [0.15, 0.2) is 42.5 Å². The van der Waals surface area contributed by atoms with Gasteiger partial charge in [0.05, 0.1) is 10.0 Å². The molecule has 0 saturated carbocycles. The molecule has 23 heavy (non-hydrogen) atoms. The van der Waals surface area contributed by atoms with Gasteiger partial charge in [-0.2, -0.15) is 0 Å². The molecule has 0 aliphatic carbocycles. The molecule has 0 aromatic heterocycles. The molecule has 2 aromatic carbocycles. The van der Waals surface area contributed by atoms with Crippen molar-refractivity contribution in [2.24, 2.45) is 0 Å². The van der Waals surface area contributed by atoms with Crippen LogP contribution in [0, 0.1) is 0 Å². The topological polar surface area (TPSA) is 78.4 Å². The first-order chi connectivity index (χ1) is 10.9. The van der Waals surface area contributed by atoms with Crippen molar-refractivity contribution in [1.29, 1.82) is 0 Å². The van der Waals surface area contributed by atoms with Gasteiger partial charge in [0.15, 0.2) is 0 Å². The minimum absolute atomic E-state index is 0.440. The zero-order valence-electron chi connectivity index (χ0n) is 12.1. The smallest absolute Gasteiger partial charge is 0.325 e. The fourth-order valence-corrected chi connectivity index (χ4v) is 2.18. The molecule has 2 aromatic rings. The van der Waals surface area contributed by atoms with Crippen LogP contribution >= 0.6 is 23.2 Å². The van der Waals surface area contributed by atoms with Crippen LogP contribution in [0.1, 0.15) is 6.92 Å². The van der Waals surface area contributed by atoms with Gasteiger partial charge in [-0.15, -0.1) is 0 Å². The van der Waals surface area contributed by atoms with Gasteiger partial charge in [0, 0.05) is 5.69 Å². The number of amides is 2. The molecule has 5 nitrogen and oxygen atoms in total. The van der Waals surface area contributed by atoms with E-state index < -0.39 is 18.0 Å². The second-order valence-corrected chi connectivity index (χ2v) is 5.68. The van der Waals surface area contributed by atoms with Crippen LogP contribution in [0.3, 0.4) is 0 Å². The van der Waals surface area contributed by atoms with Crippen LogP contribution in [-0.2, 0) is 4.79 Å². The van der Waals surface area contributed by atoms with E-state index in [1.165, 1.54) is 6.92 Å². The number of carbonyl (C=O) groups is 2. The van der Waals surface area contributed by atoms with Gasteiger partial charge in [-0.3, -0.25) is 4.79 Å². The zero-order chi connectivity index (χ0) is 17.0. The summed E-state index contributed by atoms with van der Waals surface area (Å²) >= 11 is 11.9. The number of urea groups is 1. The molecular formula is C16H14Cl2N2O3.